The number of aliphatic imine (C=N–C) groups is 1. The SMILES string of the molecule is CCNC(=NCc1ccc(C)cc1OCCOC)NCC(OC)C(C)(C)C. The minimum absolute atomic E-state index is 0.0540. The molecule has 0 saturated carbocycles. The van der Waals surface area contributed by atoms with Crippen LogP contribution in [0.4, 0.5) is 0 Å². The molecule has 0 aliphatic heterocycles. The summed E-state index contributed by atoms with van der Waals surface area (Å²) in [6, 6.07) is 6.19. The maximum absolute atomic E-state index is 5.86. The molecular formula is C21H37N3O3. The highest BCUT2D eigenvalue weighted by molar-refractivity contribution is 5.79. The van der Waals surface area contributed by atoms with Crippen molar-refractivity contribution in [3.63, 3.8) is 0 Å². The molecule has 6 nitrogen and oxygen atoms in total. The zero-order valence-corrected chi connectivity index (χ0v) is 18.0. The molecular weight excluding hydrogens is 342 g/mol. The van der Waals surface area contributed by atoms with E-state index in [1.54, 1.807) is 14.2 Å². The molecule has 1 aromatic rings. The van der Waals surface area contributed by atoms with Gasteiger partial charge in [-0.1, -0.05) is 32.9 Å². The number of guanidine groups is 1. The second-order valence-corrected chi connectivity index (χ2v) is 7.62. The third-order valence-electron chi connectivity index (χ3n) is 4.22. The lowest BCUT2D eigenvalue weighted by Crippen LogP contribution is -2.45. The standard InChI is InChI=1S/C21H37N3O3/c1-8-22-20(24-15-19(26-7)21(3,4)5)23-14-17-10-9-16(2)13-18(17)27-12-11-25-6/h9-10,13,19H,8,11-12,14-15H2,1-7H3,(H2,22,23,24). The van der Waals surface area contributed by atoms with E-state index in [-0.39, 0.29) is 11.5 Å². The summed E-state index contributed by atoms with van der Waals surface area (Å²) in [7, 11) is 3.42. The van der Waals surface area contributed by atoms with Crippen LogP contribution in [-0.4, -0.2) is 52.6 Å². The third-order valence-corrected chi connectivity index (χ3v) is 4.22. The number of aryl methyl sites for hydroxylation is 1. The van der Waals surface area contributed by atoms with Gasteiger partial charge in [0.1, 0.15) is 12.4 Å². The van der Waals surface area contributed by atoms with E-state index in [1.165, 1.54) is 0 Å². The fourth-order valence-electron chi connectivity index (χ4n) is 2.60. The highest BCUT2D eigenvalue weighted by atomic mass is 16.5. The van der Waals surface area contributed by atoms with E-state index in [9.17, 15) is 0 Å². The monoisotopic (exact) mass is 379 g/mol. The average Bonchev–Trinajstić information content (AvgIpc) is 2.60. The molecule has 6 heteroatoms. The Morgan fingerprint density at radius 3 is 2.48 bits per heavy atom. The van der Waals surface area contributed by atoms with Crippen LogP contribution in [0.2, 0.25) is 0 Å². The van der Waals surface area contributed by atoms with E-state index < -0.39 is 0 Å². The Hall–Kier alpha value is -1.79. The first-order valence-electron chi connectivity index (χ1n) is 9.58. The van der Waals surface area contributed by atoms with Gasteiger partial charge in [0.2, 0.25) is 0 Å². The maximum atomic E-state index is 5.86. The summed E-state index contributed by atoms with van der Waals surface area (Å²) in [5.41, 5.74) is 2.26. The Kier molecular flexibility index (Phi) is 10.2. The fraction of sp³-hybridized carbons (Fsp3) is 0.667. The van der Waals surface area contributed by atoms with Gasteiger partial charge in [0.05, 0.1) is 19.3 Å². The van der Waals surface area contributed by atoms with E-state index >= 15 is 0 Å². The van der Waals surface area contributed by atoms with Crippen LogP contribution in [-0.2, 0) is 16.0 Å². The molecule has 1 atom stereocenters. The van der Waals surface area contributed by atoms with Gasteiger partial charge in [-0.15, -0.1) is 0 Å². The smallest absolute Gasteiger partial charge is 0.191 e. The third kappa shape index (κ3) is 8.63. The molecule has 0 amide bonds. The number of methoxy groups -OCH3 is 2. The van der Waals surface area contributed by atoms with Crippen LogP contribution in [0, 0.1) is 12.3 Å². The number of nitrogens with zero attached hydrogens (tertiary/aromatic N) is 1. The van der Waals surface area contributed by atoms with Crippen LogP contribution < -0.4 is 15.4 Å². The summed E-state index contributed by atoms with van der Waals surface area (Å²) in [6.07, 6.45) is 0.0914. The van der Waals surface area contributed by atoms with E-state index in [1.807, 2.05) is 6.07 Å². The van der Waals surface area contributed by atoms with E-state index in [0.29, 0.717) is 26.3 Å². The van der Waals surface area contributed by atoms with E-state index in [2.05, 4.69) is 57.4 Å². The number of benzene rings is 1. The zero-order valence-electron chi connectivity index (χ0n) is 18.0. The second kappa shape index (κ2) is 11.8. The Labute approximate surface area is 164 Å². The first kappa shape index (κ1) is 23.2. The highest BCUT2D eigenvalue weighted by Gasteiger charge is 2.24. The van der Waals surface area contributed by atoms with Crippen LogP contribution in [0.1, 0.15) is 38.8 Å². The Balaban J connectivity index is 2.82. The second-order valence-electron chi connectivity index (χ2n) is 7.62. The van der Waals surface area contributed by atoms with Crippen molar-refractivity contribution in [2.75, 3.05) is 40.5 Å². The number of rotatable bonds is 10. The zero-order chi connectivity index (χ0) is 20.3. The highest BCUT2D eigenvalue weighted by Crippen LogP contribution is 2.22. The molecule has 0 spiro atoms. The van der Waals surface area contributed by atoms with Gasteiger partial charge in [-0.25, -0.2) is 4.99 Å². The lowest BCUT2D eigenvalue weighted by molar-refractivity contribution is 0.0205. The number of ether oxygens (including phenoxy) is 3. The first-order chi connectivity index (χ1) is 12.8. The van der Waals surface area contributed by atoms with Crippen molar-refractivity contribution in [1.29, 1.82) is 0 Å². The molecule has 0 radical (unpaired) electrons. The Morgan fingerprint density at radius 1 is 1.15 bits per heavy atom. The number of nitrogens with one attached hydrogen (secondary N) is 2. The fourth-order valence-corrected chi connectivity index (χ4v) is 2.60. The van der Waals surface area contributed by atoms with Crippen LogP contribution in [0.25, 0.3) is 0 Å². The lowest BCUT2D eigenvalue weighted by atomic mass is 9.89. The average molecular weight is 380 g/mol. The van der Waals surface area contributed by atoms with Crippen LogP contribution in [0.15, 0.2) is 23.2 Å². The largest absolute Gasteiger partial charge is 0.491 e. The Bertz CT molecular complexity index is 583. The molecule has 154 valence electrons. The quantitative estimate of drug-likeness (QED) is 0.371. The normalized spacial score (nSPS) is 13.4. The minimum Gasteiger partial charge on any atom is -0.491 e. The topological polar surface area (TPSA) is 64.1 Å². The Morgan fingerprint density at radius 2 is 1.89 bits per heavy atom. The van der Waals surface area contributed by atoms with Crippen LogP contribution >= 0.6 is 0 Å². The first-order valence-corrected chi connectivity index (χ1v) is 9.58. The van der Waals surface area contributed by atoms with Crippen molar-refractivity contribution < 1.29 is 14.2 Å². The van der Waals surface area contributed by atoms with Gasteiger partial charge in [0, 0.05) is 32.9 Å². The summed E-state index contributed by atoms with van der Waals surface area (Å²) < 4.78 is 16.5. The van der Waals surface area contributed by atoms with Gasteiger partial charge in [-0.2, -0.15) is 0 Å². The van der Waals surface area contributed by atoms with Gasteiger partial charge in [-0.3, -0.25) is 0 Å². The molecule has 0 aromatic heterocycles. The summed E-state index contributed by atoms with van der Waals surface area (Å²) in [5.74, 6) is 1.63. The molecule has 0 aliphatic rings. The molecule has 2 N–H and O–H groups in total. The van der Waals surface area contributed by atoms with Gasteiger partial charge in [-0.05, 0) is 30.9 Å². The number of hydrogen-bond donors (Lipinski definition) is 2. The molecule has 1 unspecified atom stereocenters. The summed E-state index contributed by atoms with van der Waals surface area (Å²) in [4.78, 5) is 4.72. The molecule has 0 fully saturated rings. The van der Waals surface area contributed by atoms with Crippen molar-refractivity contribution in [1.82, 2.24) is 10.6 Å². The maximum Gasteiger partial charge on any atom is 0.191 e. The lowest BCUT2D eigenvalue weighted by Gasteiger charge is -2.30. The minimum atomic E-state index is 0.0540. The summed E-state index contributed by atoms with van der Waals surface area (Å²) in [5, 5.41) is 6.67. The molecule has 0 saturated heterocycles. The summed E-state index contributed by atoms with van der Waals surface area (Å²) >= 11 is 0. The summed E-state index contributed by atoms with van der Waals surface area (Å²) in [6.45, 7) is 13.7. The van der Waals surface area contributed by atoms with E-state index in [4.69, 9.17) is 19.2 Å². The number of hydrogen-bond acceptors (Lipinski definition) is 4. The van der Waals surface area contributed by atoms with Crippen molar-refractivity contribution in [3.05, 3.63) is 29.3 Å². The molecule has 1 aromatic carbocycles. The molecule has 1 rings (SSSR count). The molecule has 27 heavy (non-hydrogen) atoms. The van der Waals surface area contributed by atoms with Crippen molar-refractivity contribution in [3.8, 4) is 5.75 Å². The van der Waals surface area contributed by atoms with E-state index in [0.717, 1.165) is 29.4 Å². The molecule has 0 bridgehead atoms. The van der Waals surface area contributed by atoms with Gasteiger partial charge < -0.3 is 24.8 Å². The van der Waals surface area contributed by atoms with Crippen molar-refractivity contribution in [2.45, 2.75) is 47.3 Å². The molecule has 0 aliphatic carbocycles. The predicted octanol–water partition coefficient (Wildman–Crippen LogP) is 3.14. The molecule has 0 heterocycles. The van der Waals surface area contributed by atoms with Crippen LogP contribution in [0.5, 0.6) is 5.75 Å². The van der Waals surface area contributed by atoms with Gasteiger partial charge in [0.25, 0.3) is 0 Å². The van der Waals surface area contributed by atoms with Crippen LogP contribution in [0.3, 0.4) is 0 Å². The van der Waals surface area contributed by atoms with Gasteiger partial charge in [0.15, 0.2) is 5.96 Å². The van der Waals surface area contributed by atoms with Crippen molar-refractivity contribution >= 4 is 5.96 Å². The van der Waals surface area contributed by atoms with Gasteiger partial charge >= 0.3 is 0 Å². The van der Waals surface area contributed by atoms with Crippen molar-refractivity contribution in [2.24, 2.45) is 10.4 Å². The predicted molar refractivity (Wildman–Crippen MR) is 112 cm³/mol.